The number of aryl methyl sites for hydroxylation is 1. The molecular formula is C18H24O3. The molecule has 3 aliphatic rings. The minimum absolute atomic E-state index is 0.116. The highest BCUT2D eigenvalue weighted by molar-refractivity contribution is 5.40. The van der Waals surface area contributed by atoms with Crippen LogP contribution in [0.3, 0.4) is 0 Å². The highest BCUT2D eigenvalue weighted by atomic mass is 16.3. The van der Waals surface area contributed by atoms with E-state index in [0.29, 0.717) is 23.5 Å². The molecule has 114 valence electrons. The molecule has 2 fully saturated rings. The zero-order chi connectivity index (χ0) is 14.8. The van der Waals surface area contributed by atoms with E-state index in [1.807, 2.05) is 6.07 Å². The molecule has 0 heterocycles. The van der Waals surface area contributed by atoms with Crippen LogP contribution in [0.2, 0.25) is 0 Å². The average Bonchev–Trinajstić information content (AvgIpc) is 2.70. The Morgan fingerprint density at radius 2 is 2.00 bits per heavy atom. The molecule has 0 aliphatic heterocycles. The highest BCUT2D eigenvalue weighted by Crippen LogP contribution is 2.60. The van der Waals surface area contributed by atoms with Crippen molar-refractivity contribution in [3.63, 3.8) is 0 Å². The van der Waals surface area contributed by atoms with E-state index in [0.717, 1.165) is 32.1 Å². The number of phenolic OH excluding ortho intramolecular Hbond substituents is 1. The molecule has 0 radical (unpaired) electrons. The quantitative estimate of drug-likeness (QED) is 0.687. The van der Waals surface area contributed by atoms with Crippen LogP contribution in [0.1, 0.15) is 49.7 Å². The predicted octanol–water partition coefficient (Wildman–Crippen LogP) is 2.58. The molecule has 1 aromatic carbocycles. The lowest BCUT2D eigenvalue weighted by Gasteiger charge is -2.49. The second-order valence-corrected chi connectivity index (χ2v) is 7.59. The van der Waals surface area contributed by atoms with Gasteiger partial charge in [0, 0.05) is 0 Å². The van der Waals surface area contributed by atoms with Crippen LogP contribution in [0.5, 0.6) is 5.75 Å². The summed E-state index contributed by atoms with van der Waals surface area (Å²) >= 11 is 0. The van der Waals surface area contributed by atoms with Crippen molar-refractivity contribution in [3.8, 4) is 5.75 Å². The van der Waals surface area contributed by atoms with Crippen molar-refractivity contribution in [2.24, 2.45) is 17.3 Å². The Morgan fingerprint density at radius 3 is 2.81 bits per heavy atom. The Labute approximate surface area is 125 Å². The molecule has 3 nitrogen and oxygen atoms in total. The van der Waals surface area contributed by atoms with Crippen molar-refractivity contribution < 1.29 is 15.3 Å². The number of rotatable bonds is 0. The minimum Gasteiger partial charge on any atom is -0.508 e. The first-order valence-electron chi connectivity index (χ1n) is 8.18. The van der Waals surface area contributed by atoms with Gasteiger partial charge in [-0.2, -0.15) is 0 Å². The molecule has 0 aromatic heterocycles. The number of aromatic hydroxyl groups is 1. The van der Waals surface area contributed by atoms with E-state index >= 15 is 0 Å². The summed E-state index contributed by atoms with van der Waals surface area (Å²) in [4.78, 5) is 0. The van der Waals surface area contributed by atoms with Crippen molar-refractivity contribution in [1.82, 2.24) is 0 Å². The molecule has 3 heteroatoms. The molecule has 3 N–H and O–H groups in total. The van der Waals surface area contributed by atoms with E-state index < -0.39 is 12.2 Å². The van der Waals surface area contributed by atoms with E-state index in [9.17, 15) is 15.3 Å². The van der Waals surface area contributed by atoms with Gasteiger partial charge >= 0.3 is 0 Å². The first-order chi connectivity index (χ1) is 10.0. The maximum absolute atomic E-state index is 10.4. The van der Waals surface area contributed by atoms with Crippen molar-refractivity contribution in [3.05, 3.63) is 29.3 Å². The average molecular weight is 288 g/mol. The predicted molar refractivity (Wildman–Crippen MR) is 80.1 cm³/mol. The fourth-order valence-corrected chi connectivity index (χ4v) is 5.56. The lowest BCUT2D eigenvalue weighted by molar-refractivity contribution is -0.0505. The first kappa shape index (κ1) is 13.6. The Morgan fingerprint density at radius 1 is 1.19 bits per heavy atom. The third kappa shape index (κ3) is 1.80. The smallest absolute Gasteiger partial charge is 0.115 e. The molecule has 0 saturated heterocycles. The fourth-order valence-electron chi connectivity index (χ4n) is 5.56. The van der Waals surface area contributed by atoms with Crippen LogP contribution in [0.25, 0.3) is 0 Å². The van der Waals surface area contributed by atoms with Gasteiger partial charge in [-0.15, -0.1) is 0 Å². The van der Waals surface area contributed by atoms with Gasteiger partial charge in [-0.05, 0) is 78.5 Å². The lowest BCUT2D eigenvalue weighted by Crippen LogP contribution is -2.44. The second-order valence-electron chi connectivity index (χ2n) is 7.59. The Balaban J connectivity index is 1.71. The van der Waals surface area contributed by atoms with Crippen LogP contribution < -0.4 is 0 Å². The summed E-state index contributed by atoms with van der Waals surface area (Å²) < 4.78 is 0. The van der Waals surface area contributed by atoms with Crippen LogP contribution in [0, 0.1) is 17.3 Å². The number of aliphatic hydroxyl groups excluding tert-OH is 2. The van der Waals surface area contributed by atoms with Gasteiger partial charge < -0.3 is 15.3 Å². The Kier molecular flexibility index (Phi) is 2.89. The maximum Gasteiger partial charge on any atom is 0.115 e. The van der Waals surface area contributed by atoms with E-state index in [1.165, 1.54) is 11.1 Å². The number of benzene rings is 1. The van der Waals surface area contributed by atoms with Crippen molar-refractivity contribution in [1.29, 1.82) is 0 Å². The zero-order valence-corrected chi connectivity index (χ0v) is 12.5. The molecule has 0 unspecified atom stereocenters. The van der Waals surface area contributed by atoms with Crippen LogP contribution >= 0.6 is 0 Å². The third-order valence-corrected chi connectivity index (χ3v) is 6.68. The first-order valence-corrected chi connectivity index (χ1v) is 8.18. The monoisotopic (exact) mass is 288 g/mol. The van der Waals surface area contributed by atoms with Crippen molar-refractivity contribution in [2.75, 3.05) is 0 Å². The molecule has 0 amide bonds. The molecule has 0 bridgehead atoms. The zero-order valence-electron chi connectivity index (χ0n) is 12.5. The normalized spacial score (nSPS) is 44.8. The number of hydrogen-bond acceptors (Lipinski definition) is 3. The SMILES string of the molecule is C[C@]12CC[C@@H]3c4ccc(O)cc4CC[C@@H]3[C@H]1C[C@H](O)[C@@H]2O. The van der Waals surface area contributed by atoms with Crippen molar-refractivity contribution >= 4 is 0 Å². The molecule has 3 aliphatic carbocycles. The second kappa shape index (κ2) is 4.47. The summed E-state index contributed by atoms with van der Waals surface area (Å²) in [5.41, 5.74) is 2.57. The number of aliphatic hydroxyl groups is 2. The van der Waals surface area contributed by atoms with Gasteiger partial charge in [-0.3, -0.25) is 0 Å². The van der Waals surface area contributed by atoms with Crippen LogP contribution in [-0.2, 0) is 6.42 Å². The Bertz CT molecular complexity index is 570. The fraction of sp³-hybridized carbons (Fsp3) is 0.667. The van der Waals surface area contributed by atoms with Gasteiger partial charge in [0.25, 0.3) is 0 Å². The van der Waals surface area contributed by atoms with Gasteiger partial charge in [0.1, 0.15) is 5.75 Å². The van der Waals surface area contributed by atoms with Gasteiger partial charge in [-0.1, -0.05) is 13.0 Å². The van der Waals surface area contributed by atoms with Gasteiger partial charge in [0.05, 0.1) is 12.2 Å². The summed E-state index contributed by atoms with van der Waals surface area (Å²) in [6.45, 7) is 2.17. The van der Waals surface area contributed by atoms with E-state index in [4.69, 9.17) is 0 Å². The molecule has 0 spiro atoms. The van der Waals surface area contributed by atoms with Crippen molar-refractivity contribution in [2.45, 2.75) is 57.2 Å². The summed E-state index contributed by atoms with van der Waals surface area (Å²) in [6.07, 6.45) is 3.80. The molecule has 1 aromatic rings. The molecule has 2 saturated carbocycles. The van der Waals surface area contributed by atoms with Gasteiger partial charge in [0.2, 0.25) is 0 Å². The van der Waals surface area contributed by atoms with Crippen LogP contribution in [0.4, 0.5) is 0 Å². The molecular weight excluding hydrogens is 264 g/mol. The van der Waals surface area contributed by atoms with Crippen LogP contribution in [0.15, 0.2) is 18.2 Å². The topological polar surface area (TPSA) is 60.7 Å². The number of fused-ring (bicyclic) bond motifs is 5. The van der Waals surface area contributed by atoms with E-state index in [2.05, 4.69) is 13.0 Å². The maximum atomic E-state index is 10.4. The number of hydrogen-bond donors (Lipinski definition) is 3. The molecule has 21 heavy (non-hydrogen) atoms. The summed E-state index contributed by atoms with van der Waals surface area (Å²) in [5, 5.41) is 30.2. The van der Waals surface area contributed by atoms with E-state index in [1.54, 1.807) is 6.07 Å². The summed E-state index contributed by atoms with van der Waals surface area (Å²) in [6, 6.07) is 5.80. The van der Waals surface area contributed by atoms with Gasteiger partial charge in [0.15, 0.2) is 0 Å². The number of phenols is 1. The molecule has 6 atom stereocenters. The van der Waals surface area contributed by atoms with Gasteiger partial charge in [-0.25, -0.2) is 0 Å². The highest BCUT2D eigenvalue weighted by Gasteiger charge is 2.57. The Hall–Kier alpha value is -1.06. The lowest BCUT2D eigenvalue weighted by atomic mass is 9.55. The molecule has 4 rings (SSSR count). The third-order valence-electron chi connectivity index (χ3n) is 6.68. The summed E-state index contributed by atoms with van der Waals surface area (Å²) in [7, 11) is 0. The van der Waals surface area contributed by atoms with Crippen LogP contribution in [-0.4, -0.2) is 27.5 Å². The largest absolute Gasteiger partial charge is 0.508 e. The minimum atomic E-state index is -0.565. The van der Waals surface area contributed by atoms with E-state index in [-0.39, 0.29) is 5.41 Å². The standard InChI is InChI=1S/C18H24O3/c1-18-7-6-13-12-5-3-11(19)8-10(12)2-4-14(13)15(18)9-16(20)17(18)21/h3,5,8,13-17,19-21H,2,4,6-7,9H2,1H3/t13-,14+,15-,16+,17+,18+/m1/s1. The summed E-state index contributed by atoms with van der Waals surface area (Å²) in [5.74, 6) is 1.88.